The van der Waals surface area contributed by atoms with Crippen LogP contribution in [0.3, 0.4) is 0 Å². The molecule has 0 aliphatic rings. The summed E-state index contributed by atoms with van der Waals surface area (Å²) in [4.78, 5) is 26.5. The largest absolute Gasteiger partial charge is 0.494 e. The topological polar surface area (TPSA) is 108 Å². The number of amides is 1. The SMILES string of the molecule is COc1cc([N+](=O)[O-])cc2sc(NC(=O)c3ccco3)nc12. The molecule has 0 aliphatic heterocycles. The molecule has 0 aliphatic carbocycles. The molecule has 0 spiro atoms. The maximum Gasteiger partial charge on any atom is 0.293 e. The molecule has 0 unspecified atom stereocenters. The van der Waals surface area contributed by atoms with Crippen molar-refractivity contribution in [3.05, 3.63) is 46.4 Å². The number of rotatable bonds is 4. The predicted molar refractivity (Wildman–Crippen MR) is 79.5 cm³/mol. The van der Waals surface area contributed by atoms with Crippen LogP contribution in [-0.4, -0.2) is 22.9 Å². The van der Waals surface area contributed by atoms with Gasteiger partial charge in [-0.15, -0.1) is 0 Å². The van der Waals surface area contributed by atoms with E-state index in [9.17, 15) is 14.9 Å². The third-order valence-corrected chi connectivity index (χ3v) is 3.76. The fourth-order valence-corrected chi connectivity index (χ4v) is 2.78. The zero-order valence-corrected chi connectivity index (χ0v) is 12.0. The van der Waals surface area contributed by atoms with Crippen molar-refractivity contribution in [1.29, 1.82) is 0 Å². The Hall–Kier alpha value is -2.94. The Balaban J connectivity index is 1.98. The minimum absolute atomic E-state index is 0.100. The van der Waals surface area contributed by atoms with Crippen molar-refractivity contribution < 1.29 is 18.9 Å². The van der Waals surface area contributed by atoms with E-state index in [1.807, 2.05) is 0 Å². The standard InChI is InChI=1S/C13H9N3O5S/c1-20-9-5-7(16(18)19)6-10-11(9)14-13(22-10)15-12(17)8-3-2-4-21-8/h2-6H,1H3,(H,14,15,17). The van der Waals surface area contributed by atoms with Crippen molar-refractivity contribution in [2.75, 3.05) is 12.4 Å². The smallest absolute Gasteiger partial charge is 0.293 e. The molecule has 1 amide bonds. The summed E-state index contributed by atoms with van der Waals surface area (Å²) in [6.07, 6.45) is 1.39. The number of hydrogen-bond donors (Lipinski definition) is 1. The Morgan fingerprint density at radius 2 is 2.32 bits per heavy atom. The molecular weight excluding hydrogens is 310 g/mol. The Morgan fingerprint density at radius 1 is 1.50 bits per heavy atom. The van der Waals surface area contributed by atoms with E-state index in [4.69, 9.17) is 9.15 Å². The summed E-state index contributed by atoms with van der Waals surface area (Å²) in [6.45, 7) is 0. The van der Waals surface area contributed by atoms with Crippen molar-refractivity contribution >= 4 is 38.3 Å². The maximum atomic E-state index is 11.9. The molecule has 0 saturated carbocycles. The van der Waals surface area contributed by atoms with Gasteiger partial charge in [-0.1, -0.05) is 11.3 Å². The highest BCUT2D eigenvalue weighted by atomic mass is 32.1. The lowest BCUT2D eigenvalue weighted by atomic mass is 10.3. The van der Waals surface area contributed by atoms with Gasteiger partial charge in [0.15, 0.2) is 16.6 Å². The number of hydrogen-bond acceptors (Lipinski definition) is 7. The quantitative estimate of drug-likeness (QED) is 0.585. The van der Waals surface area contributed by atoms with Crippen LogP contribution in [0.15, 0.2) is 34.9 Å². The molecule has 112 valence electrons. The Bertz CT molecular complexity index is 856. The average Bonchev–Trinajstić information content (AvgIpc) is 3.14. The second-order valence-corrected chi connectivity index (χ2v) is 5.23. The number of thiazole rings is 1. The van der Waals surface area contributed by atoms with E-state index >= 15 is 0 Å². The number of methoxy groups -OCH3 is 1. The lowest BCUT2D eigenvalue weighted by Crippen LogP contribution is -2.10. The molecule has 2 aromatic heterocycles. The van der Waals surface area contributed by atoms with E-state index in [1.54, 1.807) is 6.07 Å². The molecular formula is C13H9N3O5S. The molecule has 0 fully saturated rings. The Labute approximate surface area is 127 Å². The van der Waals surface area contributed by atoms with Crippen molar-refractivity contribution in [2.24, 2.45) is 0 Å². The van der Waals surface area contributed by atoms with Gasteiger partial charge >= 0.3 is 0 Å². The third-order valence-electron chi connectivity index (χ3n) is 2.84. The number of furan rings is 1. The number of anilines is 1. The summed E-state index contributed by atoms with van der Waals surface area (Å²) in [7, 11) is 1.40. The summed E-state index contributed by atoms with van der Waals surface area (Å²) < 4.78 is 10.6. The highest BCUT2D eigenvalue weighted by Crippen LogP contribution is 2.36. The van der Waals surface area contributed by atoms with Gasteiger partial charge in [0.05, 0.1) is 29.1 Å². The van der Waals surface area contributed by atoms with Crippen molar-refractivity contribution in [2.45, 2.75) is 0 Å². The van der Waals surface area contributed by atoms with Crippen LogP contribution in [0.1, 0.15) is 10.6 Å². The van der Waals surface area contributed by atoms with Gasteiger partial charge in [0, 0.05) is 6.07 Å². The van der Waals surface area contributed by atoms with Crippen LogP contribution in [0.4, 0.5) is 10.8 Å². The number of ether oxygens (including phenoxy) is 1. The normalized spacial score (nSPS) is 10.6. The van der Waals surface area contributed by atoms with Crippen LogP contribution < -0.4 is 10.1 Å². The van der Waals surface area contributed by atoms with E-state index < -0.39 is 10.8 Å². The number of non-ortho nitro benzene ring substituents is 1. The monoisotopic (exact) mass is 319 g/mol. The molecule has 3 aromatic rings. The molecule has 8 nitrogen and oxygen atoms in total. The lowest BCUT2D eigenvalue weighted by molar-refractivity contribution is -0.384. The molecule has 1 aromatic carbocycles. The molecule has 9 heteroatoms. The number of fused-ring (bicyclic) bond motifs is 1. The molecule has 1 N–H and O–H groups in total. The molecule has 3 rings (SSSR count). The zero-order valence-electron chi connectivity index (χ0n) is 11.2. The molecule has 0 radical (unpaired) electrons. The lowest BCUT2D eigenvalue weighted by Gasteiger charge is -2.00. The first kappa shape index (κ1) is 14.0. The van der Waals surface area contributed by atoms with E-state index in [0.29, 0.717) is 15.3 Å². The summed E-state index contributed by atoms with van der Waals surface area (Å²) >= 11 is 1.11. The van der Waals surface area contributed by atoms with Crippen LogP contribution in [0, 0.1) is 10.1 Å². The van der Waals surface area contributed by atoms with Crippen molar-refractivity contribution in [1.82, 2.24) is 4.98 Å². The van der Waals surface area contributed by atoms with Gasteiger partial charge in [0.2, 0.25) is 0 Å². The first-order valence-electron chi connectivity index (χ1n) is 6.06. The number of carbonyl (C=O) groups excluding carboxylic acids is 1. The fraction of sp³-hybridized carbons (Fsp3) is 0.0769. The number of benzene rings is 1. The summed E-state index contributed by atoms with van der Waals surface area (Å²) in [6, 6.07) is 5.80. The minimum atomic E-state index is -0.511. The van der Waals surface area contributed by atoms with Crippen LogP contribution in [0.2, 0.25) is 0 Å². The summed E-state index contributed by atoms with van der Waals surface area (Å²) in [5.41, 5.74) is 0.352. The van der Waals surface area contributed by atoms with Crippen LogP contribution >= 0.6 is 11.3 Å². The predicted octanol–water partition coefficient (Wildman–Crippen LogP) is 3.06. The Morgan fingerprint density at radius 3 is 2.95 bits per heavy atom. The van der Waals surface area contributed by atoms with Gasteiger partial charge in [0.1, 0.15) is 5.52 Å². The maximum absolute atomic E-state index is 11.9. The molecule has 0 bridgehead atoms. The van der Waals surface area contributed by atoms with Crippen molar-refractivity contribution in [3.8, 4) is 5.75 Å². The molecule has 2 heterocycles. The number of nitro benzene ring substituents is 1. The highest BCUT2D eigenvalue weighted by molar-refractivity contribution is 7.22. The van der Waals surface area contributed by atoms with Crippen LogP contribution in [0.5, 0.6) is 5.75 Å². The number of carbonyl (C=O) groups is 1. The zero-order chi connectivity index (χ0) is 15.7. The number of nitro groups is 1. The van der Waals surface area contributed by atoms with E-state index in [2.05, 4.69) is 10.3 Å². The molecule has 0 atom stereocenters. The van der Waals surface area contributed by atoms with Crippen LogP contribution in [-0.2, 0) is 0 Å². The van der Waals surface area contributed by atoms with Crippen molar-refractivity contribution in [3.63, 3.8) is 0 Å². The minimum Gasteiger partial charge on any atom is -0.494 e. The number of nitrogens with zero attached hydrogens (tertiary/aromatic N) is 2. The van der Waals surface area contributed by atoms with Crippen LogP contribution in [0.25, 0.3) is 10.2 Å². The van der Waals surface area contributed by atoms with Gasteiger partial charge in [-0.25, -0.2) is 4.98 Å². The number of aromatic nitrogens is 1. The first-order chi connectivity index (χ1) is 10.6. The van der Waals surface area contributed by atoms with Gasteiger partial charge in [-0.2, -0.15) is 0 Å². The average molecular weight is 319 g/mol. The first-order valence-corrected chi connectivity index (χ1v) is 6.88. The number of nitrogens with one attached hydrogen (secondary N) is 1. The second-order valence-electron chi connectivity index (χ2n) is 4.20. The molecule has 22 heavy (non-hydrogen) atoms. The highest BCUT2D eigenvalue weighted by Gasteiger charge is 2.18. The van der Waals surface area contributed by atoms with E-state index in [0.717, 1.165) is 11.3 Å². The van der Waals surface area contributed by atoms with Gasteiger partial charge in [0.25, 0.3) is 11.6 Å². The summed E-state index contributed by atoms with van der Waals surface area (Å²) in [5, 5.41) is 13.8. The van der Waals surface area contributed by atoms with E-state index in [1.165, 1.54) is 31.6 Å². The van der Waals surface area contributed by atoms with Gasteiger partial charge in [-0.05, 0) is 12.1 Å². The van der Waals surface area contributed by atoms with Gasteiger partial charge in [-0.3, -0.25) is 20.2 Å². The fourth-order valence-electron chi connectivity index (χ4n) is 1.87. The summed E-state index contributed by atoms with van der Waals surface area (Å²) in [5.74, 6) is -0.0197. The third kappa shape index (κ3) is 2.49. The molecule has 0 saturated heterocycles. The second kappa shape index (κ2) is 5.45. The Kier molecular flexibility index (Phi) is 3.47. The van der Waals surface area contributed by atoms with Gasteiger partial charge < -0.3 is 9.15 Å². The van der Waals surface area contributed by atoms with E-state index in [-0.39, 0.29) is 17.2 Å².